The van der Waals surface area contributed by atoms with Crippen molar-refractivity contribution in [3.8, 4) is 5.75 Å². The molecular formula is C8H9N3O2S. The average Bonchev–Trinajstić information content (AvgIpc) is 2.00. The molecule has 5 nitrogen and oxygen atoms in total. The zero-order chi connectivity index (χ0) is 10.3. The summed E-state index contributed by atoms with van der Waals surface area (Å²) in [6.45, 7) is 0. The van der Waals surface area contributed by atoms with Gasteiger partial charge in [-0.25, -0.2) is 4.21 Å². The maximum atomic E-state index is 11.5. The van der Waals surface area contributed by atoms with Crippen LogP contribution in [0.3, 0.4) is 0 Å². The number of nitrogens with two attached hydrogens (primary N) is 1. The SMILES string of the molecule is C=S1(=O)N=C(N)c2c(O)cccc2N1. The van der Waals surface area contributed by atoms with E-state index in [9.17, 15) is 9.32 Å². The fraction of sp³-hybridized carbons (Fsp3) is 0. The van der Waals surface area contributed by atoms with Crippen LogP contribution in [0.15, 0.2) is 22.6 Å². The number of benzene rings is 1. The van der Waals surface area contributed by atoms with Crippen molar-refractivity contribution in [2.75, 3.05) is 4.72 Å². The van der Waals surface area contributed by atoms with Crippen LogP contribution in [-0.4, -0.2) is 21.0 Å². The third-order valence-corrected chi connectivity index (χ3v) is 2.84. The first-order chi connectivity index (χ1) is 6.49. The zero-order valence-corrected chi connectivity index (χ0v) is 8.04. The van der Waals surface area contributed by atoms with Gasteiger partial charge in [0, 0.05) is 0 Å². The summed E-state index contributed by atoms with van der Waals surface area (Å²) in [7, 11) is -2.76. The second kappa shape index (κ2) is 2.65. The Morgan fingerprint density at radius 3 is 3.00 bits per heavy atom. The van der Waals surface area contributed by atoms with Gasteiger partial charge in [0.1, 0.15) is 11.6 Å². The third kappa shape index (κ3) is 1.29. The number of nitrogens with one attached hydrogen (secondary N) is 1. The minimum absolute atomic E-state index is 0.00569. The number of phenols is 1. The van der Waals surface area contributed by atoms with Crippen molar-refractivity contribution in [2.45, 2.75) is 0 Å². The summed E-state index contributed by atoms with van der Waals surface area (Å²) in [5.41, 5.74) is 6.41. The molecule has 0 aromatic heterocycles. The van der Waals surface area contributed by atoms with Gasteiger partial charge in [0.05, 0.1) is 11.3 Å². The van der Waals surface area contributed by atoms with Crippen LogP contribution in [0.5, 0.6) is 5.75 Å². The molecule has 1 heterocycles. The predicted molar refractivity (Wildman–Crippen MR) is 57.7 cm³/mol. The predicted octanol–water partition coefficient (Wildman–Crippen LogP) is 0.0694. The molecule has 0 spiro atoms. The summed E-state index contributed by atoms with van der Waals surface area (Å²) in [5.74, 6) is 3.42. The molecule has 4 N–H and O–H groups in total. The van der Waals surface area contributed by atoms with Crippen molar-refractivity contribution in [3.05, 3.63) is 23.8 Å². The van der Waals surface area contributed by atoms with E-state index in [2.05, 4.69) is 15.0 Å². The van der Waals surface area contributed by atoms with E-state index in [-0.39, 0.29) is 11.6 Å². The molecule has 0 amide bonds. The number of anilines is 1. The van der Waals surface area contributed by atoms with Crippen molar-refractivity contribution in [1.29, 1.82) is 0 Å². The summed E-state index contributed by atoms with van der Waals surface area (Å²) in [6.07, 6.45) is 0. The lowest BCUT2D eigenvalue weighted by Crippen LogP contribution is -2.26. The van der Waals surface area contributed by atoms with E-state index in [1.165, 1.54) is 6.07 Å². The third-order valence-electron chi connectivity index (χ3n) is 1.81. The van der Waals surface area contributed by atoms with Gasteiger partial charge in [-0.15, -0.1) is 0 Å². The van der Waals surface area contributed by atoms with Crippen LogP contribution in [0.4, 0.5) is 5.69 Å². The van der Waals surface area contributed by atoms with Crippen molar-refractivity contribution in [1.82, 2.24) is 0 Å². The highest BCUT2D eigenvalue weighted by atomic mass is 32.2. The van der Waals surface area contributed by atoms with Gasteiger partial charge in [-0.2, -0.15) is 4.40 Å². The number of fused-ring (bicyclic) bond motifs is 1. The van der Waals surface area contributed by atoms with E-state index in [1.54, 1.807) is 12.1 Å². The molecule has 1 aromatic carbocycles. The topological polar surface area (TPSA) is 87.7 Å². The monoisotopic (exact) mass is 211 g/mol. The quantitative estimate of drug-likeness (QED) is 0.530. The van der Waals surface area contributed by atoms with Crippen LogP contribution in [0.1, 0.15) is 5.56 Å². The standard InChI is InChI=1S/C8H9N3O2S/c1-14(13)10-5-3-2-4-6(12)7(5)8(9)11-14/h2-4,12H,1H2,(H3,9,10,11,13). The Morgan fingerprint density at radius 1 is 1.57 bits per heavy atom. The molecule has 14 heavy (non-hydrogen) atoms. The molecule has 1 aromatic rings. The molecular weight excluding hydrogens is 202 g/mol. The average molecular weight is 211 g/mol. The lowest BCUT2D eigenvalue weighted by Gasteiger charge is -2.19. The van der Waals surface area contributed by atoms with Crippen LogP contribution >= 0.6 is 0 Å². The molecule has 0 bridgehead atoms. The number of nitrogens with zero attached hydrogens (tertiary/aromatic N) is 1. The van der Waals surface area contributed by atoms with Crippen molar-refractivity contribution >= 4 is 27.3 Å². The van der Waals surface area contributed by atoms with E-state index >= 15 is 0 Å². The Balaban J connectivity index is 2.74. The minimum atomic E-state index is -2.76. The summed E-state index contributed by atoms with van der Waals surface area (Å²) in [4.78, 5) is 0. The molecule has 6 heteroatoms. The first-order valence-electron chi connectivity index (χ1n) is 3.82. The van der Waals surface area contributed by atoms with Gasteiger partial charge in [-0.3, -0.25) is 4.72 Å². The molecule has 1 atom stereocenters. The van der Waals surface area contributed by atoms with Gasteiger partial charge in [-0.05, 0) is 18.0 Å². The Labute approximate surface area is 81.6 Å². The van der Waals surface area contributed by atoms with Crippen molar-refractivity contribution in [3.63, 3.8) is 0 Å². The number of hydrogen-bond acceptors (Lipinski definition) is 3. The van der Waals surface area contributed by atoms with E-state index in [4.69, 9.17) is 5.73 Å². The summed E-state index contributed by atoms with van der Waals surface area (Å²) in [5, 5.41) is 9.48. The smallest absolute Gasteiger partial charge is 0.151 e. The zero-order valence-electron chi connectivity index (χ0n) is 7.23. The molecule has 1 aliphatic heterocycles. The second-order valence-corrected chi connectivity index (χ2v) is 4.59. The molecule has 0 saturated carbocycles. The fourth-order valence-electron chi connectivity index (χ4n) is 1.29. The molecule has 0 radical (unpaired) electrons. The van der Waals surface area contributed by atoms with Gasteiger partial charge >= 0.3 is 0 Å². The molecule has 2 rings (SSSR count). The number of aromatic hydroxyl groups is 1. The Hall–Kier alpha value is -1.69. The van der Waals surface area contributed by atoms with E-state index in [0.717, 1.165) is 0 Å². The molecule has 0 fully saturated rings. The lowest BCUT2D eigenvalue weighted by atomic mass is 10.1. The summed E-state index contributed by atoms with van der Waals surface area (Å²) < 4.78 is 17.8. The second-order valence-electron chi connectivity index (χ2n) is 2.92. The van der Waals surface area contributed by atoms with E-state index in [1.807, 2.05) is 0 Å². The number of rotatable bonds is 0. The number of amidine groups is 1. The molecule has 1 aliphatic rings. The largest absolute Gasteiger partial charge is 0.507 e. The maximum Gasteiger partial charge on any atom is 0.151 e. The highest BCUT2D eigenvalue weighted by molar-refractivity contribution is 8.00. The highest BCUT2D eigenvalue weighted by Crippen LogP contribution is 2.28. The fourth-order valence-corrected chi connectivity index (χ4v) is 2.26. The van der Waals surface area contributed by atoms with Gasteiger partial charge in [0.2, 0.25) is 0 Å². The first-order valence-corrected chi connectivity index (χ1v) is 5.51. The summed E-state index contributed by atoms with van der Waals surface area (Å²) >= 11 is 0. The van der Waals surface area contributed by atoms with Gasteiger partial charge in [-0.1, -0.05) is 6.07 Å². The number of phenolic OH excluding ortho intramolecular Hbond substituents is 1. The van der Waals surface area contributed by atoms with Crippen LogP contribution in [0.2, 0.25) is 0 Å². The normalized spacial score (nSPS) is 24.7. The van der Waals surface area contributed by atoms with Gasteiger partial charge in [0.15, 0.2) is 9.89 Å². The molecule has 0 saturated heterocycles. The molecule has 0 aliphatic carbocycles. The maximum absolute atomic E-state index is 11.5. The minimum Gasteiger partial charge on any atom is -0.507 e. The summed E-state index contributed by atoms with van der Waals surface area (Å²) in [6, 6.07) is 4.76. The first kappa shape index (κ1) is 8.89. The van der Waals surface area contributed by atoms with E-state index in [0.29, 0.717) is 11.3 Å². The van der Waals surface area contributed by atoms with Crippen molar-refractivity contribution in [2.24, 2.45) is 10.1 Å². The van der Waals surface area contributed by atoms with Crippen LogP contribution in [0, 0.1) is 0 Å². The Kier molecular flexibility index (Phi) is 1.68. The number of hydrogen-bond donors (Lipinski definition) is 3. The van der Waals surface area contributed by atoms with Crippen molar-refractivity contribution < 1.29 is 9.32 Å². The van der Waals surface area contributed by atoms with Gasteiger partial charge < -0.3 is 10.8 Å². The van der Waals surface area contributed by atoms with Crippen LogP contribution < -0.4 is 10.5 Å². The Bertz CT molecular complexity index is 519. The highest BCUT2D eigenvalue weighted by Gasteiger charge is 2.19. The molecule has 74 valence electrons. The van der Waals surface area contributed by atoms with Crippen LogP contribution in [-0.2, 0) is 9.89 Å². The molecule has 1 unspecified atom stereocenters. The van der Waals surface area contributed by atoms with Crippen LogP contribution in [0.25, 0.3) is 0 Å². The lowest BCUT2D eigenvalue weighted by molar-refractivity contribution is 0.474. The van der Waals surface area contributed by atoms with Gasteiger partial charge in [0.25, 0.3) is 0 Å². The Morgan fingerprint density at radius 2 is 2.29 bits per heavy atom. The van der Waals surface area contributed by atoms with E-state index < -0.39 is 9.89 Å².